The van der Waals surface area contributed by atoms with E-state index in [-0.39, 0.29) is 11.4 Å². The van der Waals surface area contributed by atoms with Gasteiger partial charge in [-0.15, -0.1) is 11.3 Å². The average molecular weight is 312 g/mol. The molecule has 0 amide bonds. The van der Waals surface area contributed by atoms with Crippen molar-refractivity contribution in [2.75, 3.05) is 7.11 Å². The molecule has 0 saturated carbocycles. The summed E-state index contributed by atoms with van der Waals surface area (Å²) in [5.41, 5.74) is 1.54. The second-order valence-electron chi connectivity index (χ2n) is 4.34. The van der Waals surface area contributed by atoms with Crippen LogP contribution in [0.1, 0.15) is 16.3 Å². The van der Waals surface area contributed by atoms with E-state index in [2.05, 4.69) is 9.71 Å². The van der Waals surface area contributed by atoms with Crippen molar-refractivity contribution in [1.29, 1.82) is 0 Å². The highest BCUT2D eigenvalue weighted by molar-refractivity contribution is 7.89. The summed E-state index contributed by atoms with van der Waals surface area (Å²) in [6.45, 7) is 3.82. The third-order valence-corrected chi connectivity index (χ3v) is 5.28. The lowest BCUT2D eigenvalue weighted by atomic mass is 10.2. The first-order valence-electron chi connectivity index (χ1n) is 5.97. The summed E-state index contributed by atoms with van der Waals surface area (Å²) in [6, 6.07) is 4.88. The SMILES string of the molecule is COc1ccc(S(=O)(=O)NCc2nc(C)cs2)c(C)c1. The van der Waals surface area contributed by atoms with E-state index >= 15 is 0 Å². The predicted molar refractivity (Wildman–Crippen MR) is 78.6 cm³/mol. The highest BCUT2D eigenvalue weighted by Crippen LogP contribution is 2.21. The van der Waals surface area contributed by atoms with Gasteiger partial charge in [-0.3, -0.25) is 0 Å². The van der Waals surface area contributed by atoms with E-state index in [1.54, 1.807) is 32.2 Å². The second-order valence-corrected chi connectivity index (χ2v) is 7.02. The molecular weight excluding hydrogens is 296 g/mol. The summed E-state index contributed by atoms with van der Waals surface area (Å²) in [5.74, 6) is 0.636. The molecule has 1 aromatic heterocycles. The Morgan fingerprint density at radius 1 is 1.35 bits per heavy atom. The Kier molecular flexibility index (Phi) is 4.42. The van der Waals surface area contributed by atoms with Crippen LogP contribution in [0, 0.1) is 13.8 Å². The standard InChI is InChI=1S/C13H16N2O3S2/c1-9-6-11(18-3)4-5-12(9)20(16,17)14-7-13-15-10(2)8-19-13/h4-6,8,14H,7H2,1-3H3. The van der Waals surface area contributed by atoms with Gasteiger partial charge in [0.1, 0.15) is 10.8 Å². The highest BCUT2D eigenvalue weighted by Gasteiger charge is 2.17. The molecule has 20 heavy (non-hydrogen) atoms. The number of hydrogen-bond donors (Lipinski definition) is 1. The molecule has 108 valence electrons. The molecule has 0 radical (unpaired) electrons. The fourth-order valence-corrected chi connectivity index (χ4v) is 3.78. The normalized spacial score (nSPS) is 11.6. The van der Waals surface area contributed by atoms with Gasteiger partial charge in [0, 0.05) is 11.1 Å². The van der Waals surface area contributed by atoms with E-state index in [1.807, 2.05) is 12.3 Å². The topological polar surface area (TPSA) is 68.3 Å². The molecule has 0 aliphatic rings. The number of aromatic nitrogens is 1. The van der Waals surface area contributed by atoms with Crippen LogP contribution in [0.4, 0.5) is 0 Å². The molecule has 1 aromatic carbocycles. The van der Waals surface area contributed by atoms with Gasteiger partial charge >= 0.3 is 0 Å². The van der Waals surface area contributed by atoms with Gasteiger partial charge in [0.15, 0.2) is 0 Å². The maximum atomic E-state index is 12.3. The predicted octanol–water partition coefficient (Wildman–Crippen LogP) is 2.25. The van der Waals surface area contributed by atoms with Crippen molar-refractivity contribution in [3.63, 3.8) is 0 Å². The number of nitrogens with one attached hydrogen (secondary N) is 1. The quantitative estimate of drug-likeness (QED) is 0.919. The number of rotatable bonds is 5. The molecule has 0 unspecified atom stereocenters. The molecule has 7 heteroatoms. The van der Waals surface area contributed by atoms with Crippen molar-refractivity contribution in [2.45, 2.75) is 25.3 Å². The first-order valence-corrected chi connectivity index (χ1v) is 8.34. The van der Waals surface area contributed by atoms with Crippen LogP contribution < -0.4 is 9.46 Å². The molecule has 1 N–H and O–H groups in total. The molecule has 0 aliphatic carbocycles. The van der Waals surface area contributed by atoms with Crippen LogP contribution in [0.15, 0.2) is 28.5 Å². The van der Waals surface area contributed by atoms with E-state index in [0.29, 0.717) is 11.3 Å². The summed E-state index contributed by atoms with van der Waals surface area (Å²) < 4.78 is 32.1. The Morgan fingerprint density at radius 3 is 2.65 bits per heavy atom. The van der Waals surface area contributed by atoms with Crippen molar-refractivity contribution < 1.29 is 13.2 Å². The molecule has 0 fully saturated rings. The van der Waals surface area contributed by atoms with Crippen LogP contribution in [0.25, 0.3) is 0 Å². The number of sulfonamides is 1. The summed E-state index contributed by atoms with van der Waals surface area (Å²) >= 11 is 1.44. The van der Waals surface area contributed by atoms with Gasteiger partial charge in [0.25, 0.3) is 0 Å². The zero-order valence-corrected chi connectivity index (χ0v) is 13.1. The van der Waals surface area contributed by atoms with Crippen molar-refractivity contribution in [3.05, 3.63) is 39.8 Å². The molecule has 2 rings (SSSR count). The Labute approximate surface area is 122 Å². The van der Waals surface area contributed by atoms with Crippen LogP contribution >= 0.6 is 11.3 Å². The number of hydrogen-bond acceptors (Lipinski definition) is 5. The van der Waals surface area contributed by atoms with Gasteiger partial charge in [-0.25, -0.2) is 18.1 Å². The van der Waals surface area contributed by atoms with Crippen LogP contribution in [0.5, 0.6) is 5.75 Å². The van der Waals surface area contributed by atoms with Gasteiger partial charge in [-0.1, -0.05) is 0 Å². The third kappa shape index (κ3) is 3.36. The molecule has 0 atom stereocenters. The zero-order valence-electron chi connectivity index (χ0n) is 11.5. The largest absolute Gasteiger partial charge is 0.497 e. The molecule has 0 bridgehead atoms. The van der Waals surface area contributed by atoms with E-state index in [1.165, 1.54) is 11.3 Å². The molecule has 5 nitrogen and oxygen atoms in total. The lowest BCUT2D eigenvalue weighted by Crippen LogP contribution is -2.24. The van der Waals surface area contributed by atoms with Crippen LogP contribution in [-0.2, 0) is 16.6 Å². The molecule has 0 saturated heterocycles. The Balaban J connectivity index is 2.18. The lowest BCUT2D eigenvalue weighted by Gasteiger charge is -2.09. The summed E-state index contributed by atoms with van der Waals surface area (Å²) in [4.78, 5) is 4.48. The number of aryl methyl sites for hydroxylation is 2. The minimum atomic E-state index is -3.54. The van der Waals surface area contributed by atoms with E-state index in [9.17, 15) is 8.42 Å². The highest BCUT2D eigenvalue weighted by atomic mass is 32.2. The number of thiazole rings is 1. The minimum Gasteiger partial charge on any atom is -0.497 e. The maximum Gasteiger partial charge on any atom is 0.241 e. The Bertz CT molecular complexity index is 708. The van der Waals surface area contributed by atoms with Gasteiger partial charge in [0.2, 0.25) is 10.0 Å². The van der Waals surface area contributed by atoms with Crippen LogP contribution in [-0.4, -0.2) is 20.5 Å². The molecule has 2 aromatic rings. The maximum absolute atomic E-state index is 12.3. The third-order valence-electron chi connectivity index (χ3n) is 2.75. The number of methoxy groups -OCH3 is 1. The van der Waals surface area contributed by atoms with E-state index in [0.717, 1.165) is 10.7 Å². The van der Waals surface area contributed by atoms with Gasteiger partial charge < -0.3 is 4.74 Å². The van der Waals surface area contributed by atoms with Gasteiger partial charge in [0.05, 0.1) is 18.6 Å². The van der Waals surface area contributed by atoms with Crippen molar-refractivity contribution >= 4 is 21.4 Å². The van der Waals surface area contributed by atoms with Crippen LogP contribution in [0.2, 0.25) is 0 Å². The van der Waals surface area contributed by atoms with Crippen molar-refractivity contribution in [1.82, 2.24) is 9.71 Å². The molecule has 1 heterocycles. The fourth-order valence-electron chi connectivity index (χ4n) is 1.77. The zero-order chi connectivity index (χ0) is 14.8. The second kappa shape index (κ2) is 5.90. The first kappa shape index (κ1) is 15.0. The van der Waals surface area contributed by atoms with Crippen molar-refractivity contribution in [3.8, 4) is 5.75 Å². The van der Waals surface area contributed by atoms with Gasteiger partial charge in [-0.2, -0.15) is 0 Å². The first-order chi connectivity index (χ1) is 9.42. The lowest BCUT2D eigenvalue weighted by molar-refractivity contribution is 0.414. The number of nitrogens with zero attached hydrogens (tertiary/aromatic N) is 1. The molecule has 0 aliphatic heterocycles. The summed E-state index contributed by atoms with van der Waals surface area (Å²) in [7, 11) is -2.00. The van der Waals surface area contributed by atoms with E-state index in [4.69, 9.17) is 4.74 Å². The minimum absolute atomic E-state index is 0.201. The van der Waals surface area contributed by atoms with Gasteiger partial charge in [-0.05, 0) is 37.6 Å². The molecule has 0 spiro atoms. The Hall–Kier alpha value is -1.44. The number of benzene rings is 1. The Morgan fingerprint density at radius 2 is 2.10 bits per heavy atom. The molecular formula is C13H16N2O3S2. The number of ether oxygens (including phenoxy) is 1. The van der Waals surface area contributed by atoms with E-state index < -0.39 is 10.0 Å². The van der Waals surface area contributed by atoms with Crippen LogP contribution in [0.3, 0.4) is 0 Å². The summed E-state index contributed by atoms with van der Waals surface area (Å²) in [6.07, 6.45) is 0. The fraction of sp³-hybridized carbons (Fsp3) is 0.308. The summed E-state index contributed by atoms with van der Waals surface area (Å²) in [5, 5.41) is 2.64. The monoisotopic (exact) mass is 312 g/mol. The smallest absolute Gasteiger partial charge is 0.241 e. The average Bonchev–Trinajstić information content (AvgIpc) is 2.82. The van der Waals surface area contributed by atoms with Crippen molar-refractivity contribution in [2.24, 2.45) is 0 Å².